The second kappa shape index (κ2) is 17.9. The van der Waals surface area contributed by atoms with Gasteiger partial charge in [-0.2, -0.15) is 8.78 Å². The molecule has 9 rings (SSSR count). The van der Waals surface area contributed by atoms with Crippen molar-refractivity contribution in [3.63, 3.8) is 0 Å². The smallest absolute Gasteiger partial charge is 0.407 e. The van der Waals surface area contributed by atoms with E-state index in [1.165, 1.54) is 14.2 Å². The molecule has 5 aromatic rings. The summed E-state index contributed by atoms with van der Waals surface area (Å²) in [6.07, 6.45) is 7.51. The Labute approximate surface area is 375 Å². The van der Waals surface area contributed by atoms with Crippen LogP contribution < -0.4 is 10.6 Å². The highest BCUT2D eigenvalue weighted by Crippen LogP contribution is 2.58. The quantitative estimate of drug-likeness (QED) is 0.0855. The molecule has 2 saturated heterocycles. The van der Waals surface area contributed by atoms with E-state index < -0.39 is 43.4 Å². The van der Waals surface area contributed by atoms with E-state index in [2.05, 4.69) is 79.9 Å². The van der Waals surface area contributed by atoms with Gasteiger partial charge in [-0.25, -0.2) is 19.6 Å². The van der Waals surface area contributed by atoms with Gasteiger partial charge < -0.3 is 44.6 Å². The van der Waals surface area contributed by atoms with Crippen LogP contribution in [-0.4, -0.2) is 106 Å². The molecule has 4 fully saturated rings. The zero-order valence-electron chi connectivity index (χ0n) is 36.8. The van der Waals surface area contributed by atoms with Crippen LogP contribution >= 0.6 is 0 Å². The van der Waals surface area contributed by atoms with Gasteiger partial charge >= 0.3 is 18.8 Å². The number of piperidine rings is 1. The highest BCUT2D eigenvalue weighted by atomic mass is 19.3. The number of halogens is 2. The predicted molar refractivity (Wildman–Crippen MR) is 236 cm³/mol. The average Bonchev–Trinajstić information content (AvgIpc) is 3.94. The number of methoxy groups -OCH3 is 2. The number of nitrogens with one attached hydrogen (secondary N) is 4. The number of nitrogens with zero attached hydrogens (tertiary/aromatic N) is 4. The molecule has 3 aromatic carbocycles. The molecule has 4 N–H and O–H groups in total. The fourth-order valence-corrected chi connectivity index (χ4v) is 10.2. The molecule has 2 bridgehead atoms. The maximum absolute atomic E-state index is 14.0. The SMILES string of the molecule is COC(=O)N[C@@H](CCOC(F)F)C(=O)N1CC2(CC2)C[C@H]1c1ncc(-c2ccc3cc(-c4ccc(-c5cnc(C6[C@H]7CC[C@H](C7)N6C(=O)[C@@H](NC(=O)OC)C(C)C)[nH]5)cc4)ccc3c2)[nH]1. The van der Waals surface area contributed by atoms with E-state index in [0.717, 1.165) is 82.3 Å². The van der Waals surface area contributed by atoms with Crippen molar-refractivity contribution < 1.29 is 42.2 Å². The maximum atomic E-state index is 14.0. The lowest BCUT2D eigenvalue weighted by molar-refractivity contribution is -0.141. The van der Waals surface area contributed by atoms with Crippen LogP contribution in [0.15, 0.2) is 73.1 Å². The fraction of sp³-hybridized carbons (Fsp3) is 0.458. The van der Waals surface area contributed by atoms with Crippen LogP contribution in [0.2, 0.25) is 0 Å². The van der Waals surface area contributed by atoms with Gasteiger partial charge in [-0.1, -0.05) is 62.4 Å². The number of H-pyrrole nitrogens is 2. The minimum Gasteiger partial charge on any atom is -0.453 e. The van der Waals surface area contributed by atoms with Gasteiger partial charge in [0.2, 0.25) is 11.8 Å². The number of ether oxygens (including phenoxy) is 3. The lowest BCUT2D eigenvalue weighted by Gasteiger charge is -2.37. The summed E-state index contributed by atoms with van der Waals surface area (Å²) in [5, 5.41) is 7.35. The van der Waals surface area contributed by atoms with Gasteiger partial charge in [0.15, 0.2) is 0 Å². The number of alkyl halides is 2. The van der Waals surface area contributed by atoms with Gasteiger partial charge in [0.1, 0.15) is 23.7 Å². The van der Waals surface area contributed by atoms with Crippen LogP contribution in [-0.2, 0) is 23.8 Å². The topological polar surface area (TPSA) is 184 Å². The Balaban J connectivity index is 0.884. The number of imidazole rings is 2. The summed E-state index contributed by atoms with van der Waals surface area (Å²) in [6.45, 7) is 0.912. The molecule has 15 nitrogen and oxygen atoms in total. The first kappa shape index (κ1) is 43.9. The standard InChI is InChI=1S/C48H54F2N8O7/c1-26(2)39(56-47(62)64-4)44(60)58-34-14-13-33(21-34)40(58)42-52-23-36(54-42)28-7-5-27(6-8-28)29-9-10-31-20-32(12-11-30(31)19-29)37-24-51-41(53-37)38-22-48(16-17-48)25-57(38)43(59)35(55-46(61)63-3)15-18-65-45(49)50/h5-12,19-20,23-24,26,33-35,38-40,45H,13-18,21-22,25H2,1-4H3,(H,51,53)(H,52,54)(H,55,61)(H,56,62)/t33-,34+,35-,38-,39-,40?/m0/s1. The van der Waals surface area contributed by atoms with Crippen LogP contribution in [0.5, 0.6) is 0 Å². The second-order valence-corrected chi connectivity index (χ2v) is 18.3. The summed E-state index contributed by atoms with van der Waals surface area (Å²) in [4.78, 5) is 72.3. The van der Waals surface area contributed by atoms with E-state index in [9.17, 15) is 28.0 Å². The molecule has 65 heavy (non-hydrogen) atoms. The third kappa shape index (κ3) is 8.89. The third-order valence-electron chi connectivity index (χ3n) is 13.9. The van der Waals surface area contributed by atoms with Crippen molar-refractivity contribution >= 4 is 34.8 Å². The Bertz CT molecular complexity index is 2570. The van der Waals surface area contributed by atoms with Crippen molar-refractivity contribution in [1.29, 1.82) is 0 Å². The lowest BCUT2D eigenvalue weighted by atomic mass is 9.95. The zero-order valence-corrected chi connectivity index (χ0v) is 36.8. The van der Waals surface area contributed by atoms with E-state index in [0.29, 0.717) is 24.7 Å². The van der Waals surface area contributed by atoms with Crippen molar-refractivity contribution in [2.24, 2.45) is 17.3 Å². The number of aromatic amines is 2. The minimum absolute atomic E-state index is 0.0304. The molecule has 6 atom stereocenters. The highest BCUT2D eigenvalue weighted by Gasteiger charge is 2.55. The van der Waals surface area contributed by atoms with Gasteiger partial charge in [-0.15, -0.1) is 0 Å². The number of likely N-dealkylation sites (tertiary alicyclic amines) is 2. The van der Waals surface area contributed by atoms with E-state index in [1.807, 2.05) is 31.0 Å². The lowest BCUT2D eigenvalue weighted by Crippen LogP contribution is -2.54. The Morgan fingerprint density at radius 1 is 0.800 bits per heavy atom. The van der Waals surface area contributed by atoms with Crippen molar-refractivity contribution in [2.45, 2.75) is 95.6 Å². The maximum Gasteiger partial charge on any atom is 0.407 e. The molecule has 0 radical (unpaired) electrons. The number of benzene rings is 3. The van der Waals surface area contributed by atoms with Crippen molar-refractivity contribution in [3.8, 4) is 33.6 Å². The summed E-state index contributed by atoms with van der Waals surface area (Å²) in [6, 6.07) is 18.6. The summed E-state index contributed by atoms with van der Waals surface area (Å²) >= 11 is 0. The zero-order chi connectivity index (χ0) is 45.6. The number of aromatic nitrogens is 4. The van der Waals surface area contributed by atoms with E-state index in [-0.39, 0.29) is 41.8 Å². The third-order valence-corrected chi connectivity index (χ3v) is 13.9. The van der Waals surface area contributed by atoms with Gasteiger partial charge in [0, 0.05) is 24.6 Å². The van der Waals surface area contributed by atoms with Crippen LogP contribution in [0.3, 0.4) is 0 Å². The molecule has 1 unspecified atom stereocenters. The highest BCUT2D eigenvalue weighted by molar-refractivity contribution is 5.91. The summed E-state index contributed by atoms with van der Waals surface area (Å²) < 4.78 is 39.5. The summed E-state index contributed by atoms with van der Waals surface area (Å²) in [7, 11) is 2.47. The normalized spacial score (nSPS) is 21.6. The second-order valence-electron chi connectivity index (χ2n) is 18.3. The molecule has 1 spiro atoms. The number of amides is 4. The van der Waals surface area contributed by atoms with Crippen LogP contribution in [0.1, 0.15) is 82.5 Å². The van der Waals surface area contributed by atoms with Crippen LogP contribution in [0.25, 0.3) is 44.4 Å². The van der Waals surface area contributed by atoms with Gasteiger partial charge in [0.05, 0.1) is 56.7 Å². The number of hydrogen-bond donors (Lipinski definition) is 4. The molecule has 4 amide bonds. The number of carbonyl (C=O) groups is 4. The molecular weight excluding hydrogens is 839 g/mol. The molecule has 2 saturated carbocycles. The number of fused-ring (bicyclic) bond motifs is 3. The first-order chi connectivity index (χ1) is 31.3. The Hall–Kier alpha value is -6.36. The summed E-state index contributed by atoms with van der Waals surface area (Å²) in [5.41, 5.74) is 5.63. The minimum atomic E-state index is -2.99. The molecule has 2 aliphatic carbocycles. The van der Waals surface area contributed by atoms with Crippen LogP contribution in [0.4, 0.5) is 18.4 Å². The first-order valence-electron chi connectivity index (χ1n) is 22.3. The Morgan fingerprint density at radius 3 is 2.09 bits per heavy atom. The van der Waals surface area contributed by atoms with Gasteiger partial charge in [-0.05, 0) is 95.4 Å². The van der Waals surface area contributed by atoms with Crippen molar-refractivity contribution in [1.82, 2.24) is 40.4 Å². The number of hydrogen-bond acceptors (Lipinski definition) is 9. The van der Waals surface area contributed by atoms with Crippen molar-refractivity contribution in [2.75, 3.05) is 27.4 Å². The number of carbonyl (C=O) groups excluding carboxylic acids is 4. The molecular formula is C48H54F2N8O7. The monoisotopic (exact) mass is 892 g/mol. The fourth-order valence-electron chi connectivity index (χ4n) is 10.2. The largest absolute Gasteiger partial charge is 0.453 e. The van der Waals surface area contributed by atoms with E-state index >= 15 is 0 Å². The molecule has 17 heteroatoms. The number of rotatable bonds is 14. The van der Waals surface area contributed by atoms with Crippen LogP contribution in [0, 0.1) is 17.3 Å². The van der Waals surface area contributed by atoms with E-state index in [4.69, 9.17) is 19.4 Å². The van der Waals surface area contributed by atoms with Gasteiger partial charge in [0.25, 0.3) is 0 Å². The Kier molecular flexibility index (Phi) is 12.1. The molecule has 4 heterocycles. The Morgan fingerprint density at radius 2 is 1.42 bits per heavy atom. The molecule has 2 aromatic heterocycles. The molecule has 4 aliphatic rings. The predicted octanol–water partition coefficient (Wildman–Crippen LogP) is 8.13. The molecule has 2 aliphatic heterocycles. The first-order valence-corrected chi connectivity index (χ1v) is 22.3. The van der Waals surface area contributed by atoms with E-state index in [1.54, 1.807) is 11.1 Å². The molecule has 342 valence electrons. The average molecular weight is 893 g/mol. The number of alkyl carbamates (subject to hydrolysis) is 2. The van der Waals surface area contributed by atoms with Crippen molar-refractivity contribution in [3.05, 3.63) is 84.7 Å². The van der Waals surface area contributed by atoms with Gasteiger partial charge in [-0.3, -0.25) is 9.59 Å². The summed E-state index contributed by atoms with van der Waals surface area (Å²) in [5.74, 6) is 1.05.